The average Bonchev–Trinajstić information content (AvgIpc) is 3.46. The minimum atomic E-state index is 0.386. The summed E-state index contributed by atoms with van der Waals surface area (Å²) in [4.78, 5) is 0. The maximum Gasteiger partial charge on any atom is 0.123 e. The smallest absolute Gasteiger partial charge is 0.123 e. The molecule has 5 aromatic rings. The molecule has 212 valence electrons. The lowest BCUT2D eigenvalue weighted by atomic mass is 10.1. The van der Waals surface area contributed by atoms with Gasteiger partial charge in [-0.05, 0) is 90.2 Å². The van der Waals surface area contributed by atoms with Crippen LogP contribution < -0.4 is 18.9 Å². The van der Waals surface area contributed by atoms with Crippen molar-refractivity contribution in [2.75, 3.05) is 14.2 Å². The molecule has 0 spiro atoms. The van der Waals surface area contributed by atoms with Gasteiger partial charge in [0.15, 0.2) is 0 Å². The van der Waals surface area contributed by atoms with Gasteiger partial charge in [-0.3, -0.25) is 0 Å². The SMILES string of the molecule is C#Cc1ccc(-c2cn(Cc3cc(OCc4cc(C)cc(OC)c4)cc(OCc4cc(C)cc(OC)c4)c3)nn2)cc1. The highest BCUT2D eigenvalue weighted by Gasteiger charge is 2.10. The van der Waals surface area contributed by atoms with Gasteiger partial charge in [-0.2, -0.15) is 0 Å². The fraction of sp³-hybridized carbons (Fsp3) is 0.200. The maximum absolute atomic E-state index is 6.25. The highest BCUT2D eigenvalue weighted by atomic mass is 16.5. The molecule has 42 heavy (non-hydrogen) atoms. The maximum atomic E-state index is 6.25. The molecule has 0 saturated carbocycles. The van der Waals surface area contributed by atoms with Gasteiger partial charge in [0.25, 0.3) is 0 Å². The minimum absolute atomic E-state index is 0.386. The molecule has 1 heterocycles. The Kier molecular flexibility index (Phi) is 8.74. The van der Waals surface area contributed by atoms with Crippen LogP contribution in [0.4, 0.5) is 0 Å². The molecule has 0 aliphatic rings. The van der Waals surface area contributed by atoms with Crippen molar-refractivity contribution in [3.05, 3.63) is 118 Å². The number of rotatable bonds is 11. The highest BCUT2D eigenvalue weighted by Crippen LogP contribution is 2.27. The first kappa shape index (κ1) is 28.3. The molecule has 0 aliphatic carbocycles. The van der Waals surface area contributed by atoms with Gasteiger partial charge in [-0.15, -0.1) is 11.5 Å². The lowest BCUT2D eigenvalue weighted by Crippen LogP contribution is -2.04. The molecule has 0 unspecified atom stereocenters. The van der Waals surface area contributed by atoms with Crippen LogP contribution in [-0.2, 0) is 19.8 Å². The molecule has 0 saturated heterocycles. The third-order valence-corrected chi connectivity index (χ3v) is 6.67. The molecule has 4 aromatic carbocycles. The van der Waals surface area contributed by atoms with Crippen LogP contribution in [0.25, 0.3) is 11.3 Å². The van der Waals surface area contributed by atoms with Crippen LogP contribution in [0.1, 0.15) is 33.4 Å². The average molecular weight is 560 g/mol. The van der Waals surface area contributed by atoms with E-state index in [1.54, 1.807) is 18.9 Å². The summed E-state index contributed by atoms with van der Waals surface area (Å²) in [5, 5.41) is 8.71. The van der Waals surface area contributed by atoms with E-state index in [9.17, 15) is 0 Å². The van der Waals surface area contributed by atoms with Crippen LogP contribution in [0, 0.1) is 26.2 Å². The number of aryl methyl sites for hydroxylation is 2. The molecule has 0 amide bonds. The first-order chi connectivity index (χ1) is 20.4. The Labute approximate surface area is 246 Å². The third kappa shape index (κ3) is 7.29. The molecule has 0 N–H and O–H groups in total. The van der Waals surface area contributed by atoms with Crippen LogP contribution in [-0.4, -0.2) is 29.2 Å². The fourth-order valence-electron chi connectivity index (χ4n) is 4.71. The highest BCUT2D eigenvalue weighted by molar-refractivity contribution is 5.59. The third-order valence-electron chi connectivity index (χ3n) is 6.67. The van der Waals surface area contributed by atoms with E-state index < -0.39 is 0 Å². The summed E-state index contributed by atoms with van der Waals surface area (Å²) >= 11 is 0. The van der Waals surface area contributed by atoms with Crippen molar-refractivity contribution in [3.8, 4) is 46.6 Å². The van der Waals surface area contributed by atoms with E-state index in [4.69, 9.17) is 25.4 Å². The van der Waals surface area contributed by atoms with Crippen LogP contribution >= 0.6 is 0 Å². The Balaban J connectivity index is 1.38. The monoisotopic (exact) mass is 559 g/mol. The number of terminal acetylenes is 1. The zero-order valence-electron chi connectivity index (χ0n) is 24.3. The summed E-state index contributed by atoms with van der Waals surface area (Å²) in [5.74, 6) is 5.62. The largest absolute Gasteiger partial charge is 0.497 e. The number of hydrogen-bond donors (Lipinski definition) is 0. The lowest BCUT2D eigenvalue weighted by molar-refractivity contribution is 0.288. The number of benzene rings is 4. The van der Waals surface area contributed by atoms with E-state index in [2.05, 4.69) is 28.4 Å². The molecule has 0 aliphatic heterocycles. The standard InChI is InChI=1S/C35H33N3O4/c1-6-26-7-9-30(10-8-26)35-21-38(37-36-35)20-27-15-33(41-22-28-11-24(2)13-31(17-28)39-4)19-34(16-27)42-23-29-12-25(3)14-32(18-29)40-5/h1,7-19,21H,20,22-23H2,2-5H3. The predicted molar refractivity (Wildman–Crippen MR) is 163 cm³/mol. The van der Waals surface area contributed by atoms with Gasteiger partial charge in [-0.1, -0.05) is 35.4 Å². The Morgan fingerprint density at radius 2 is 1.24 bits per heavy atom. The number of hydrogen-bond acceptors (Lipinski definition) is 6. The zero-order valence-corrected chi connectivity index (χ0v) is 24.3. The molecule has 7 nitrogen and oxygen atoms in total. The van der Waals surface area contributed by atoms with Crippen molar-refractivity contribution in [3.63, 3.8) is 0 Å². The van der Waals surface area contributed by atoms with E-state index in [0.717, 1.165) is 56.1 Å². The number of methoxy groups -OCH3 is 2. The molecule has 7 heteroatoms. The molecule has 1 aromatic heterocycles. The summed E-state index contributed by atoms with van der Waals surface area (Å²) < 4.78 is 25.2. The number of ether oxygens (including phenoxy) is 4. The van der Waals surface area contributed by atoms with Gasteiger partial charge in [0.2, 0.25) is 0 Å². The van der Waals surface area contributed by atoms with Crippen LogP contribution in [0.15, 0.2) is 85.1 Å². The van der Waals surface area contributed by atoms with E-state index in [1.165, 1.54) is 0 Å². The van der Waals surface area contributed by atoms with Crippen molar-refractivity contribution in [2.24, 2.45) is 0 Å². The summed E-state index contributed by atoms with van der Waals surface area (Å²) in [6, 6.07) is 25.7. The topological polar surface area (TPSA) is 67.6 Å². The Hall–Kier alpha value is -5.22. The predicted octanol–water partition coefficient (Wildman–Crippen LogP) is 6.77. The van der Waals surface area contributed by atoms with Gasteiger partial charge < -0.3 is 18.9 Å². The van der Waals surface area contributed by atoms with Crippen molar-refractivity contribution >= 4 is 0 Å². The van der Waals surface area contributed by atoms with Crippen LogP contribution in [0.5, 0.6) is 23.0 Å². The second-order valence-electron chi connectivity index (χ2n) is 10.1. The molecular weight excluding hydrogens is 526 g/mol. The molecule has 0 radical (unpaired) electrons. The first-order valence-corrected chi connectivity index (χ1v) is 13.6. The lowest BCUT2D eigenvalue weighted by Gasteiger charge is -2.14. The summed E-state index contributed by atoms with van der Waals surface area (Å²) in [5.41, 5.74) is 7.75. The van der Waals surface area contributed by atoms with E-state index >= 15 is 0 Å². The molecular formula is C35H33N3O4. The quantitative estimate of drug-likeness (QED) is 0.167. The minimum Gasteiger partial charge on any atom is -0.497 e. The van der Waals surface area contributed by atoms with Gasteiger partial charge in [0.1, 0.15) is 41.9 Å². The first-order valence-electron chi connectivity index (χ1n) is 13.6. The zero-order chi connectivity index (χ0) is 29.5. The van der Waals surface area contributed by atoms with E-state index in [0.29, 0.717) is 31.3 Å². The fourth-order valence-corrected chi connectivity index (χ4v) is 4.71. The Morgan fingerprint density at radius 3 is 1.76 bits per heavy atom. The molecule has 0 atom stereocenters. The summed E-state index contributed by atoms with van der Waals surface area (Å²) in [7, 11) is 3.33. The summed E-state index contributed by atoms with van der Waals surface area (Å²) in [6.45, 7) is 5.33. The number of aromatic nitrogens is 3. The van der Waals surface area contributed by atoms with Crippen molar-refractivity contribution in [1.29, 1.82) is 0 Å². The Bertz CT molecular complexity index is 1640. The van der Waals surface area contributed by atoms with Gasteiger partial charge in [0, 0.05) is 17.2 Å². The summed E-state index contributed by atoms with van der Waals surface area (Å²) in [6.07, 6.45) is 7.40. The normalized spacial score (nSPS) is 10.6. The van der Waals surface area contributed by atoms with Gasteiger partial charge in [0.05, 0.1) is 27.0 Å². The van der Waals surface area contributed by atoms with Crippen molar-refractivity contribution in [1.82, 2.24) is 15.0 Å². The second-order valence-corrected chi connectivity index (χ2v) is 10.1. The van der Waals surface area contributed by atoms with Crippen LogP contribution in [0.3, 0.4) is 0 Å². The molecule has 0 bridgehead atoms. The van der Waals surface area contributed by atoms with Crippen molar-refractivity contribution < 1.29 is 18.9 Å². The Morgan fingerprint density at radius 1 is 0.690 bits per heavy atom. The molecule has 0 fully saturated rings. The van der Waals surface area contributed by atoms with E-state index in [1.807, 2.05) is 86.8 Å². The van der Waals surface area contributed by atoms with Gasteiger partial charge in [-0.25, -0.2) is 4.68 Å². The van der Waals surface area contributed by atoms with Crippen LogP contribution in [0.2, 0.25) is 0 Å². The number of nitrogens with zero attached hydrogens (tertiary/aromatic N) is 3. The molecule has 5 rings (SSSR count). The van der Waals surface area contributed by atoms with Crippen molar-refractivity contribution in [2.45, 2.75) is 33.6 Å². The van der Waals surface area contributed by atoms with Gasteiger partial charge >= 0.3 is 0 Å². The second kappa shape index (κ2) is 13.0. The van der Waals surface area contributed by atoms with E-state index in [-0.39, 0.29) is 0 Å².